The van der Waals surface area contributed by atoms with Gasteiger partial charge in [-0.25, -0.2) is 10.8 Å². The van der Waals surface area contributed by atoms with E-state index in [1.54, 1.807) is 5.43 Å². The Labute approximate surface area is 89.9 Å². The van der Waals surface area contributed by atoms with Crippen molar-refractivity contribution < 1.29 is 22.7 Å². The molecule has 0 aromatic carbocycles. The summed E-state index contributed by atoms with van der Waals surface area (Å²) < 4.78 is 41.6. The molecule has 0 aliphatic rings. The number of carbonyl (C=O) groups excluding carboxylic acids is 1. The normalized spacial score (nSPS) is 11.5. The number of halogens is 3. The molecule has 0 unspecified atom stereocenters. The van der Waals surface area contributed by atoms with Gasteiger partial charge in [-0.05, 0) is 6.07 Å². The van der Waals surface area contributed by atoms with E-state index < -0.39 is 24.0 Å². The van der Waals surface area contributed by atoms with E-state index in [1.807, 2.05) is 0 Å². The zero-order valence-electron chi connectivity index (χ0n) is 7.78. The lowest BCUT2D eigenvalue weighted by Crippen LogP contribution is -2.34. The molecule has 0 saturated heterocycles. The van der Waals surface area contributed by atoms with E-state index in [0.29, 0.717) is 0 Å². The number of nitrogens with one attached hydrogen (secondary N) is 1. The lowest BCUT2D eigenvalue weighted by atomic mass is 10.5. The van der Waals surface area contributed by atoms with Gasteiger partial charge in [-0.1, -0.05) is 0 Å². The summed E-state index contributed by atoms with van der Waals surface area (Å²) in [6, 6.07) is 0.845. The molecule has 5 nitrogen and oxygen atoms in total. The standard InChI is InChI=1S/C7H7F3N3O2P/c8-7(9,10)4-1-2-12-6(16-4)15-3-5(14)13-11/h1-2H,3,11H2,(H,13,14). The summed E-state index contributed by atoms with van der Waals surface area (Å²) in [6.07, 6.45) is -3.46. The highest BCUT2D eigenvalue weighted by atomic mass is 31.0. The molecule has 1 rings (SSSR count). The Balaban J connectivity index is 2.72. The zero-order chi connectivity index (χ0) is 12.2. The van der Waals surface area contributed by atoms with Crippen LogP contribution in [0.25, 0.3) is 0 Å². The Bertz CT molecular complexity index is 385. The molecule has 9 heteroatoms. The van der Waals surface area contributed by atoms with Gasteiger partial charge in [-0.2, -0.15) is 13.2 Å². The fourth-order valence-corrected chi connectivity index (χ4v) is 1.47. The van der Waals surface area contributed by atoms with Gasteiger partial charge in [0.2, 0.25) is 5.61 Å². The zero-order valence-corrected chi connectivity index (χ0v) is 8.68. The van der Waals surface area contributed by atoms with Gasteiger partial charge < -0.3 is 4.74 Å². The number of aromatic nitrogens is 1. The second-order valence-electron chi connectivity index (χ2n) is 2.58. The monoisotopic (exact) mass is 253 g/mol. The van der Waals surface area contributed by atoms with Crippen molar-refractivity contribution in [2.75, 3.05) is 6.61 Å². The number of rotatable bonds is 3. The topological polar surface area (TPSA) is 77.2 Å². The van der Waals surface area contributed by atoms with E-state index in [-0.39, 0.29) is 13.8 Å². The lowest BCUT2D eigenvalue weighted by Gasteiger charge is -2.07. The Morgan fingerprint density at radius 1 is 1.62 bits per heavy atom. The average Bonchev–Trinajstić information content (AvgIpc) is 2.25. The summed E-state index contributed by atoms with van der Waals surface area (Å²) in [5.74, 6) is 4.11. The van der Waals surface area contributed by atoms with Gasteiger partial charge in [0.05, 0.1) is 5.30 Å². The molecule has 0 saturated carbocycles. The molecule has 0 aliphatic carbocycles. The van der Waals surface area contributed by atoms with Crippen molar-refractivity contribution in [1.82, 2.24) is 10.4 Å². The summed E-state index contributed by atoms with van der Waals surface area (Å²) in [6.45, 7) is -0.471. The van der Waals surface area contributed by atoms with Crippen LogP contribution in [0, 0.1) is 0 Å². The maximum absolute atomic E-state index is 12.3. The molecular formula is C7H7F3N3O2P. The van der Waals surface area contributed by atoms with Crippen LogP contribution in [-0.4, -0.2) is 17.5 Å². The van der Waals surface area contributed by atoms with Gasteiger partial charge in [-0.3, -0.25) is 10.2 Å². The van der Waals surface area contributed by atoms with Crippen molar-refractivity contribution in [3.63, 3.8) is 0 Å². The molecule has 1 heterocycles. The van der Waals surface area contributed by atoms with E-state index >= 15 is 0 Å². The first kappa shape index (κ1) is 12.7. The summed E-state index contributed by atoms with van der Waals surface area (Å²) >= 11 is 0. The van der Waals surface area contributed by atoms with E-state index in [0.717, 1.165) is 12.3 Å². The smallest absolute Gasteiger partial charge is 0.420 e. The third kappa shape index (κ3) is 3.63. The summed E-state index contributed by atoms with van der Waals surface area (Å²) in [7, 11) is -0.225. The van der Waals surface area contributed by atoms with E-state index in [4.69, 9.17) is 10.6 Å². The minimum atomic E-state index is -4.43. The molecule has 0 radical (unpaired) electrons. The Kier molecular flexibility index (Phi) is 4.03. The number of hydrogen-bond donors (Lipinski definition) is 2. The van der Waals surface area contributed by atoms with Crippen molar-refractivity contribution in [2.24, 2.45) is 5.84 Å². The fraction of sp³-hybridized carbons (Fsp3) is 0.286. The number of nitrogens with two attached hydrogens (primary N) is 1. The van der Waals surface area contributed by atoms with E-state index in [9.17, 15) is 18.0 Å². The molecule has 0 fully saturated rings. The largest absolute Gasteiger partial charge is 0.464 e. The first-order valence-corrected chi connectivity index (χ1v) is 4.85. The molecule has 1 aromatic rings. The average molecular weight is 253 g/mol. The van der Waals surface area contributed by atoms with Crippen molar-refractivity contribution in [3.05, 3.63) is 17.6 Å². The maximum Gasteiger partial charge on any atom is 0.420 e. The highest BCUT2D eigenvalue weighted by molar-refractivity contribution is 7.33. The van der Waals surface area contributed by atoms with Crippen LogP contribution < -0.4 is 16.0 Å². The Hall–Kier alpha value is -1.40. The molecule has 0 bridgehead atoms. The summed E-state index contributed by atoms with van der Waals surface area (Å²) in [5, 5.41) is -0.800. The van der Waals surface area contributed by atoms with Gasteiger partial charge in [0.25, 0.3) is 5.91 Å². The number of nitrogens with zero attached hydrogens (tertiary/aromatic N) is 1. The predicted molar refractivity (Wildman–Crippen MR) is 49.6 cm³/mol. The van der Waals surface area contributed by atoms with E-state index in [2.05, 4.69) is 4.98 Å². The van der Waals surface area contributed by atoms with Crippen LogP contribution in [-0.2, 0) is 11.0 Å². The molecule has 0 atom stereocenters. The van der Waals surface area contributed by atoms with Crippen LogP contribution in [0.3, 0.4) is 0 Å². The first-order chi connectivity index (χ1) is 7.43. The number of ether oxygens (including phenoxy) is 1. The second-order valence-corrected chi connectivity index (χ2v) is 3.67. The number of amides is 1. The maximum atomic E-state index is 12.3. The van der Waals surface area contributed by atoms with E-state index in [1.165, 1.54) is 0 Å². The fourth-order valence-electron chi connectivity index (χ4n) is 0.740. The number of hydrogen-bond acceptors (Lipinski definition) is 4. The lowest BCUT2D eigenvalue weighted by molar-refractivity contribution is -0.134. The van der Waals surface area contributed by atoms with Gasteiger partial charge in [0.1, 0.15) is 0 Å². The highest BCUT2D eigenvalue weighted by Crippen LogP contribution is 2.38. The Morgan fingerprint density at radius 3 is 2.88 bits per heavy atom. The molecule has 3 N–H and O–H groups in total. The molecule has 1 aromatic heterocycles. The number of alkyl halides is 3. The highest BCUT2D eigenvalue weighted by Gasteiger charge is 2.31. The van der Waals surface area contributed by atoms with Crippen LogP contribution in [0.4, 0.5) is 13.2 Å². The van der Waals surface area contributed by atoms with Crippen LogP contribution >= 0.6 is 8.19 Å². The summed E-state index contributed by atoms with van der Waals surface area (Å²) in [4.78, 5) is 14.2. The van der Waals surface area contributed by atoms with Crippen molar-refractivity contribution in [3.8, 4) is 5.61 Å². The third-order valence-electron chi connectivity index (χ3n) is 1.42. The number of hydrazine groups is 1. The molecule has 0 spiro atoms. The van der Waals surface area contributed by atoms with Crippen LogP contribution in [0.2, 0.25) is 0 Å². The third-order valence-corrected chi connectivity index (χ3v) is 2.50. The summed E-state index contributed by atoms with van der Waals surface area (Å²) in [5.41, 5.74) is 1.58. The minimum Gasteiger partial charge on any atom is -0.464 e. The van der Waals surface area contributed by atoms with Crippen LogP contribution in [0.1, 0.15) is 5.30 Å². The van der Waals surface area contributed by atoms with Crippen LogP contribution in [0.15, 0.2) is 12.3 Å². The van der Waals surface area contributed by atoms with Crippen molar-refractivity contribution >= 4 is 14.1 Å². The molecule has 88 valence electrons. The molecule has 0 aliphatic heterocycles. The second kappa shape index (κ2) is 5.09. The molecule has 16 heavy (non-hydrogen) atoms. The first-order valence-electron chi connectivity index (χ1n) is 3.96. The van der Waals surface area contributed by atoms with Crippen molar-refractivity contribution in [2.45, 2.75) is 6.18 Å². The molecule has 1 amide bonds. The van der Waals surface area contributed by atoms with Gasteiger partial charge in [-0.15, -0.1) is 0 Å². The quantitative estimate of drug-likeness (QED) is 0.479. The van der Waals surface area contributed by atoms with Gasteiger partial charge in [0.15, 0.2) is 6.61 Å². The van der Waals surface area contributed by atoms with Crippen molar-refractivity contribution in [1.29, 1.82) is 0 Å². The number of carbonyl (C=O) groups is 1. The minimum absolute atomic E-state index is 0.196. The van der Waals surface area contributed by atoms with Crippen LogP contribution in [0.5, 0.6) is 5.61 Å². The van der Waals surface area contributed by atoms with Gasteiger partial charge >= 0.3 is 6.18 Å². The SMILES string of the molecule is NNC(=O)COc1nccc(C(F)(F)F)p1. The molecular weight excluding hydrogens is 246 g/mol. The van der Waals surface area contributed by atoms with Gasteiger partial charge in [0, 0.05) is 14.4 Å². The predicted octanol–water partition coefficient (Wildman–Crippen LogP) is 1.05. The Morgan fingerprint density at radius 2 is 2.31 bits per heavy atom.